The molecule has 1 N–H and O–H groups in total. The Morgan fingerprint density at radius 2 is 1.73 bits per heavy atom. The van der Waals surface area contributed by atoms with Gasteiger partial charge in [0.15, 0.2) is 0 Å². The molecule has 0 aliphatic carbocycles. The Morgan fingerprint density at radius 3 is 2.13 bits per heavy atom. The highest BCUT2D eigenvalue weighted by molar-refractivity contribution is 6.39. The average molecular weight is 208 g/mol. The lowest BCUT2D eigenvalue weighted by Gasteiger charge is -2.09. The van der Waals surface area contributed by atoms with Crippen LogP contribution in [0.25, 0.3) is 0 Å². The number of hydrogen-bond acceptors (Lipinski definition) is 3. The third-order valence-electron chi connectivity index (χ3n) is 1.68. The van der Waals surface area contributed by atoms with Crippen LogP contribution in [0.5, 0.6) is 5.75 Å². The highest BCUT2D eigenvalue weighted by Gasteiger charge is 2.13. The zero-order valence-electron chi connectivity index (χ0n) is 8.56. The predicted molar refractivity (Wildman–Crippen MR) is 54.2 cm³/mol. The summed E-state index contributed by atoms with van der Waals surface area (Å²) in [5, 5.41) is 8.47. The second-order valence-corrected chi connectivity index (χ2v) is 3.33. The molecule has 0 fully saturated rings. The molecule has 1 rings (SSSR count). The Balaban J connectivity index is 2.81. The first-order chi connectivity index (χ1) is 7.00. The maximum atomic E-state index is 11.0. The van der Waals surface area contributed by atoms with E-state index in [1.807, 2.05) is 13.8 Å². The number of hydrogen-bond donors (Lipinski definition) is 1. The molecule has 80 valence electrons. The van der Waals surface area contributed by atoms with Crippen LogP contribution in [0.1, 0.15) is 24.2 Å². The highest BCUT2D eigenvalue weighted by atomic mass is 16.5. The SMILES string of the molecule is CC(C)Oc1ccc(C(=O)C(=O)O)cc1. The largest absolute Gasteiger partial charge is 0.491 e. The van der Waals surface area contributed by atoms with Crippen molar-refractivity contribution in [1.82, 2.24) is 0 Å². The van der Waals surface area contributed by atoms with Gasteiger partial charge in [0.1, 0.15) is 5.75 Å². The van der Waals surface area contributed by atoms with E-state index in [1.54, 1.807) is 12.1 Å². The molecule has 0 bridgehead atoms. The van der Waals surface area contributed by atoms with Crippen molar-refractivity contribution >= 4 is 11.8 Å². The number of ketones is 1. The van der Waals surface area contributed by atoms with Gasteiger partial charge in [-0.3, -0.25) is 4.79 Å². The molecule has 1 aromatic carbocycles. The fourth-order valence-corrected chi connectivity index (χ4v) is 1.08. The lowest BCUT2D eigenvalue weighted by atomic mass is 10.1. The molecule has 0 atom stereocenters. The lowest BCUT2D eigenvalue weighted by Crippen LogP contribution is -2.12. The number of aliphatic carboxylic acids is 1. The molecule has 1 aromatic rings. The van der Waals surface area contributed by atoms with E-state index in [0.29, 0.717) is 5.75 Å². The number of rotatable bonds is 4. The predicted octanol–water partition coefficient (Wildman–Crippen LogP) is 1.74. The van der Waals surface area contributed by atoms with Gasteiger partial charge in [0.2, 0.25) is 0 Å². The van der Waals surface area contributed by atoms with Crippen molar-refractivity contribution < 1.29 is 19.4 Å². The quantitative estimate of drug-likeness (QED) is 0.604. The third kappa shape index (κ3) is 3.09. The fraction of sp³-hybridized carbons (Fsp3) is 0.273. The van der Waals surface area contributed by atoms with E-state index in [9.17, 15) is 9.59 Å². The van der Waals surface area contributed by atoms with E-state index in [4.69, 9.17) is 9.84 Å². The van der Waals surface area contributed by atoms with Crippen LogP contribution in [-0.2, 0) is 4.79 Å². The Labute approximate surface area is 87.5 Å². The summed E-state index contributed by atoms with van der Waals surface area (Å²) in [6, 6.07) is 6.04. The monoisotopic (exact) mass is 208 g/mol. The second-order valence-electron chi connectivity index (χ2n) is 3.33. The van der Waals surface area contributed by atoms with E-state index in [2.05, 4.69) is 0 Å². The molecule has 0 aromatic heterocycles. The van der Waals surface area contributed by atoms with Crippen LogP contribution in [0.4, 0.5) is 0 Å². The van der Waals surface area contributed by atoms with Gasteiger partial charge < -0.3 is 9.84 Å². The van der Waals surface area contributed by atoms with Crippen molar-refractivity contribution in [2.75, 3.05) is 0 Å². The fourth-order valence-electron chi connectivity index (χ4n) is 1.08. The summed E-state index contributed by atoms with van der Waals surface area (Å²) < 4.78 is 5.35. The number of ether oxygens (including phenoxy) is 1. The van der Waals surface area contributed by atoms with Crippen molar-refractivity contribution in [3.05, 3.63) is 29.8 Å². The maximum Gasteiger partial charge on any atom is 0.377 e. The Morgan fingerprint density at radius 1 is 1.20 bits per heavy atom. The number of carboxylic acid groups (broad SMARTS) is 1. The van der Waals surface area contributed by atoms with E-state index in [1.165, 1.54) is 12.1 Å². The molecule has 0 heterocycles. The Bertz CT molecular complexity index is 365. The summed E-state index contributed by atoms with van der Waals surface area (Å²) in [5.74, 6) is -1.74. The van der Waals surface area contributed by atoms with Gasteiger partial charge in [0.25, 0.3) is 5.78 Å². The van der Waals surface area contributed by atoms with Gasteiger partial charge in [-0.25, -0.2) is 4.79 Å². The Hall–Kier alpha value is -1.84. The lowest BCUT2D eigenvalue weighted by molar-refractivity contribution is -0.131. The molecule has 0 saturated heterocycles. The van der Waals surface area contributed by atoms with Crippen molar-refractivity contribution in [2.24, 2.45) is 0 Å². The van der Waals surface area contributed by atoms with E-state index < -0.39 is 11.8 Å². The van der Waals surface area contributed by atoms with Crippen LogP contribution < -0.4 is 4.74 Å². The van der Waals surface area contributed by atoms with Gasteiger partial charge in [-0.05, 0) is 38.1 Å². The Kier molecular flexibility index (Phi) is 3.44. The minimum absolute atomic E-state index is 0.0472. The summed E-state index contributed by atoms with van der Waals surface area (Å²) in [7, 11) is 0. The van der Waals surface area contributed by atoms with E-state index in [0.717, 1.165) is 0 Å². The molecule has 0 spiro atoms. The van der Waals surface area contributed by atoms with Crippen LogP contribution in [0.2, 0.25) is 0 Å². The molecular formula is C11H12O4. The minimum Gasteiger partial charge on any atom is -0.491 e. The second kappa shape index (κ2) is 4.59. The number of carbonyl (C=O) groups is 2. The molecule has 0 saturated carbocycles. The number of carbonyl (C=O) groups excluding carboxylic acids is 1. The molecule has 0 radical (unpaired) electrons. The highest BCUT2D eigenvalue weighted by Crippen LogP contribution is 2.14. The molecule has 4 nitrogen and oxygen atoms in total. The molecule has 0 aliphatic heterocycles. The van der Waals surface area contributed by atoms with Crippen LogP contribution in [0.3, 0.4) is 0 Å². The summed E-state index contributed by atoms with van der Waals surface area (Å²) in [4.78, 5) is 21.4. The molecule has 15 heavy (non-hydrogen) atoms. The summed E-state index contributed by atoms with van der Waals surface area (Å²) in [6.45, 7) is 3.77. The number of carboxylic acids is 1. The number of Topliss-reactive ketones (excluding diaryl/α,β-unsaturated/α-hetero) is 1. The van der Waals surface area contributed by atoms with Gasteiger partial charge >= 0.3 is 5.97 Å². The smallest absolute Gasteiger partial charge is 0.377 e. The molecule has 0 unspecified atom stereocenters. The van der Waals surface area contributed by atoms with Gasteiger partial charge in [0.05, 0.1) is 6.10 Å². The van der Waals surface area contributed by atoms with Crippen LogP contribution in [0.15, 0.2) is 24.3 Å². The normalized spacial score (nSPS) is 10.1. The molecular weight excluding hydrogens is 196 g/mol. The van der Waals surface area contributed by atoms with Crippen molar-refractivity contribution in [2.45, 2.75) is 20.0 Å². The van der Waals surface area contributed by atoms with Crippen molar-refractivity contribution in [1.29, 1.82) is 0 Å². The minimum atomic E-state index is -1.45. The first kappa shape index (κ1) is 11.2. The van der Waals surface area contributed by atoms with Crippen molar-refractivity contribution in [3.63, 3.8) is 0 Å². The molecule has 0 amide bonds. The summed E-state index contributed by atoms with van der Waals surface area (Å²) in [5.41, 5.74) is 0.151. The molecule has 0 aliphatic rings. The topological polar surface area (TPSA) is 63.6 Å². The van der Waals surface area contributed by atoms with Gasteiger partial charge in [-0.2, -0.15) is 0 Å². The summed E-state index contributed by atoms with van der Waals surface area (Å²) >= 11 is 0. The van der Waals surface area contributed by atoms with Crippen LogP contribution in [0, 0.1) is 0 Å². The zero-order chi connectivity index (χ0) is 11.4. The van der Waals surface area contributed by atoms with Gasteiger partial charge in [-0.15, -0.1) is 0 Å². The van der Waals surface area contributed by atoms with Crippen LogP contribution in [-0.4, -0.2) is 23.0 Å². The third-order valence-corrected chi connectivity index (χ3v) is 1.68. The average Bonchev–Trinajstić information content (AvgIpc) is 2.17. The first-order valence-corrected chi connectivity index (χ1v) is 4.55. The van der Waals surface area contributed by atoms with Gasteiger partial charge in [0, 0.05) is 5.56 Å². The zero-order valence-corrected chi connectivity index (χ0v) is 8.56. The maximum absolute atomic E-state index is 11.0. The van der Waals surface area contributed by atoms with Crippen molar-refractivity contribution in [3.8, 4) is 5.75 Å². The molecule has 4 heteroatoms. The first-order valence-electron chi connectivity index (χ1n) is 4.55. The van der Waals surface area contributed by atoms with Crippen LogP contribution >= 0.6 is 0 Å². The number of benzene rings is 1. The van der Waals surface area contributed by atoms with E-state index in [-0.39, 0.29) is 11.7 Å². The van der Waals surface area contributed by atoms with E-state index >= 15 is 0 Å². The van der Waals surface area contributed by atoms with Gasteiger partial charge in [-0.1, -0.05) is 0 Å². The standard InChI is InChI=1S/C11H12O4/c1-7(2)15-9-5-3-8(4-6-9)10(12)11(13)14/h3-7H,1-2H3,(H,13,14). The summed E-state index contributed by atoms with van der Waals surface area (Å²) in [6.07, 6.45) is 0.0472.